The number of para-hydroxylation sites is 1. The summed E-state index contributed by atoms with van der Waals surface area (Å²) in [4.78, 5) is 42.7. The Morgan fingerprint density at radius 3 is 2.15 bits per heavy atom. The van der Waals surface area contributed by atoms with Crippen molar-refractivity contribution >= 4 is 35.2 Å². The second-order valence-electron chi connectivity index (χ2n) is 11.9. The van der Waals surface area contributed by atoms with Crippen LogP contribution in [-0.4, -0.2) is 40.5 Å². The molecule has 0 spiro atoms. The molecule has 2 atom stereocenters. The maximum atomic E-state index is 14.3. The van der Waals surface area contributed by atoms with Crippen molar-refractivity contribution in [2.45, 2.75) is 99.4 Å². The van der Waals surface area contributed by atoms with Gasteiger partial charge in [0.1, 0.15) is 17.7 Å². The van der Waals surface area contributed by atoms with E-state index in [2.05, 4.69) is 10.6 Å². The fourth-order valence-electron chi connectivity index (χ4n) is 4.46. The molecule has 7 nitrogen and oxygen atoms in total. The number of nitrogens with zero attached hydrogens (tertiary/aromatic N) is 1. The van der Waals surface area contributed by atoms with Crippen LogP contribution in [0.15, 0.2) is 36.4 Å². The monoisotopic (exact) mass is 557 g/mol. The lowest BCUT2D eigenvalue weighted by atomic mass is 9.94. The fourth-order valence-corrected chi connectivity index (χ4v) is 4.73. The SMILES string of the molecule is Cc1ccc(C)c(C(C(=O)Nc2c(C)cccc2Cl)N(C(=O)C(CC(C)C)NC(=O)OC(C)(C)C)C(C)C)c1. The lowest BCUT2D eigenvalue weighted by Crippen LogP contribution is -2.54. The van der Waals surface area contributed by atoms with Gasteiger partial charge in [0.15, 0.2) is 0 Å². The normalized spacial score (nSPS) is 13.2. The van der Waals surface area contributed by atoms with Gasteiger partial charge in [-0.25, -0.2) is 4.79 Å². The van der Waals surface area contributed by atoms with Crippen molar-refractivity contribution in [2.24, 2.45) is 5.92 Å². The molecule has 39 heavy (non-hydrogen) atoms. The second-order valence-corrected chi connectivity index (χ2v) is 12.3. The molecule has 0 aliphatic carbocycles. The summed E-state index contributed by atoms with van der Waals surface area (Å²) in [7, 11) is 0. The van der Waals surface area contributed by atoms with Crippen LogP contribution < -0.4 is 10.6 Å². The number of amides is 3. The van der Waals surface area contributed by atoms with Gasteiger partial charge in [0.2, 0.25) is 5.91 Å². The second kappa shape index (κ2) is 13.3. The number of nitrogens with one attached hydrogen (secondary N) is 2. The smallest absolute Gasteiger partial charge is 0.408 e. The maximum absolute atomic E-state index is 14.3. The molecule has 0 fully saturated rings. The molecule has 3 amide bonds. The van der Waals surface area contributed by atoms with Crippen molar-refractivity contribution in [2.75, 3.05) is 5.32 Å². The molecule has 2 rings (SSSR count). The third-order valence-corrected chi connectivity index (χ3v) is 6.55. The van der Waals surface area contributed by atoms with E-state index >= 15 is 0 Å². The van der Waals surface area contributed by atoms with Crippen LogP contribution in [0.4, 0.5) is 10.5 Å². The van der Waals surface area contributed by atoms with Crippen LogP contribution in [-0.2, 0) is 14.3 Å². The molecule has 0 saturated heterocycles. The third-order valence-electron chi connectivity index (χ3n) is 6.23. The van der Waals surface area contributed by atoms with Gasteiger partial charge in [0.05, 0.1) is 10.7 Å². The Bertz CT molecular complexity index is 1170. The fraction of sp³-hybridized carbons (Fsp3) is 0.516. The molecule has 2 unspecified atom stereocenters. The van der Waals surface area contributed by atoms with Gasteiger partial charge in [-0.3, -0.25) is 9.59 Å². The number of anilines is 1. The van der Waals surface area contributed by atoms with Gasteiger partial charge >= 0.3 is 6.09 Å². The highest BCUT2D eigenvalue weighted by Crippen LogP contribution is 2.32. The van der Waals surface area contributed by atoms with E-state index in [0.29, 0.717) is 22.7 Å². The van der Waals surface area contributed by atoms with Crippen LogP contribution in [0.3, 0.4) is 0 Å². The predicted octanol–water partition coefficient (Wildman–Crippen LogP) is 7.12. The van der Waals surface area contributed by atoms with E-state index < -0.39 is 23.8 Å². The number of alkyl carbamates (subject to hydrolysis) is 1. The Morgan fingerprint density at radius 2 is 1.62 bits per heavy atom. The van der Waals surface area contributed by atoms with E-state index in [-0.39, 0.29) is 23.8 Å². The van der Waals surface area contributed by atoms with E-state index in [9.17, 15) is 14.4 Å². The Kier molecular flexibility index (Phi) is 11.0. The molecule has 0 aliphatic heterocycles. The molecule has 0 bridgehead atoms. The van der Waals surface area contributed by atoms with Crippen LogP contribution >= 0.6 is 11.6 Å². The highest BCUT2D eigenvalue weighted by Gasteiger charge is 2.39. The molecule has 0 heterocycles. The standard InChI is InChI=1S/C31H44ClN3O4/c1-18(2)16-25(33-30(38)39-31(8,9)10)29(37)35(19(3)4)27(23-17-20(5)14-15-21(23)6)28(36)34-26-22(7)12-11-13-24(26)32/h11-15,17-19,25,27H,16H2,1-10H3,(H,33,38)(H,34,36). The summed E-state index contributed by atoms with van der Waals surface area (Å²) in [6.45, 7) is 18.7. The van der Waals surface area contributed by atoms with Gasteiger partial charge in [0, 0.05) is 6.04 Å². The molecule has 0 saturated carbocycles. The lowest BCUT2D eigenvalue weighted by molar-refractivity contribution is -0.143. The molecule has 2 N–H and O–H groups in total. The van der Waals surface area contributed by atoms with Gasteiger partial charge in [-0.05, 0) is 90.5 Å². The first-order chi connectivity index (χ1) is 18.0. The minimum absolute atomic E-state index is 0.0988. The van der Waals surface area contributed by atoms with Crippen molar-refractivity contribution in [3.05, 3.63) is 63.7 Å². The molecule has 0 aromatic heterocycles. The van der Waals surface area contributed by atoms with Crippen LogP contribution in [0.25, 0.3) is 0 Å². The van der Waals surface area contributed by atoms with Crippen LogP contribution in [0.2, 0.25) is 5.02 Å². The first-order valence-corrected chi connectivity index (χ1v) is 13.8. The number of carbonyl (C=O) groups is 3. The first-order valence-electron chi connectivity index (χ1n) is 13.5. The quantitative estimate of drug-likeness (QED) is 0.343. The molecular formula is C31H44ClN3O4. The Morgan fingerprint density at radius 1 is 0.974 bits per heavy atom. The zero-order valence-corrected chi connectivity index (χ0v) is 25.7. The Balaban J connectivity index is 2.62. The summed E-state index contributed by atoms with van der Waals surface area (Å²) >= 11 is 6.45. The van der Waals surface area contributed by atoms with Crippen molar-refractivity contribution in [3.8, 4) is 0 Å². The number of hydrogen-bond acceptors (Lipinski definition) is 4. The average molecular weight is 558 g/mol. The Labute approximate surface area is 238 Å². The van der Waals surface area contributed by atoms with E-state index in [1.54, 1.807) is 31.7 Å². The van der Waals surface area contributed by atoms with Gasteiger partial charge in [-0.2, -0.15) is 0 Å². The molecule has 0 aliphatic rings. The largest absolute Gasteiger partial charge is 0.444 e. The maximum Gasteiger partial charge on any atom is 0.408 e. The number of carbonyl (C=O) groups excluding carboxylic acids is 3. The molecular weight excluding hydrogens is 514 g/mol. The van der Waals surface area contributed by atoms with Gasteiger partial charge in [-0.15, -0.1) is 0 Å². The highest BCUT2D eigenvalue weighted by atomic mass is 35.5. The summed E-state index contributed by atoms with van der Waals surface area (Å²) in [6, 6.07) is 9.02. The Hall–Kier alpha value is -3.06. The van der Waals surface area contributed by atoms with Crippen LogP contribution in [0.5, 0.6) is 0 Å². The summed E-state index contributed by atoms with van der Waals surface area (Å²) in [5.41, 5.74) is 3.13. The summed E-state index contributed by atoms with van der Waals surface area (Å²) in [5, 5.41) is 6.17. The number of benzene rings is 2. The molecule has 2 aromatic rings. The summed E-state index contributed by atoms with van der Waals surface area (Å²) in [6.07, 6.45) is -0.295. The molecule has 214 valence electrons. The number of ether oxygens (including phenoxy) is 1. The van der Waals surface area contributed by atoms with E-state index in [1.165, 1.54) is 0 Å². The van der Waals surface area contributed by atoms with E-state index in [1.807, 2.05) is 78.8 Å². The highest BCUT2D eigenvalue weighted by molar-refractivity contribution is 6.34. The van der Waals surface area contributed by atoms with Crippen molar-refractivity contribution < 1.29 is 19.1 Å². The third kappa shape index (κ3) is 8.99. The number of hydrogen-bond donors (Lipinski definition) is 2. The van der Waals surface area contributed by atoms with Gasteiger partial charge in [0.25, 0.3) is 5.91 Å². The summed E-state index contributed by atoms with van der Waals surface area (Å²) in [5.74, 6) is -0.648. The zero-order valence-electron chi connectivity index (χ0n) is 24.9. The minimum Gasteiger partial charge on any atom is -0.444 e. The number of aryl methyl sites for hydroxylation is 3. The van der Waals surface area contributed by atoms with Crippen molar-refractivity contribution in [1.29, 1.82) is 0 Å². The van der Waals surface area contributed by atoms with Gasteiger partial charge in [-0.1, -0.05) is 61.3 Å². The number of halogens is 1. The average Bonchev–Trinajstić information content (AvgIpc) is 2.79. The molecule has 8 heteroatoms. The predicted molar refractivity (Wildman–Crippen MR) is 158 cm³/mol. The number of rotatable bonds is 9. The van der Waals surface area contributed by atoms with E-state index in [4.69, 9.17) is 16.3 Å². The topological polar surface area (TPSA) is 87.7 Å². The van der Waals surface area contributed by atoms with E-state index in [0.717, 1.165) is 16.7 Å². The van der Waals surface area contributed by atoms with Crippen molar-refractivity contribution in [1.82, 2.24) is 10.2 Å². The minimum atomic E-state index is -0.969. The lowest BCUT2D eigenvalue weighted by Gasteiger charge is -2.38. The first kappa shape index (κ1) is 32.2. The molecule has 0 radical (unpaired) electrons. The van der Waals surface area contributed by atoms with Crippen molar-refractivity contribution in [3.63, 3.8) is 0 Å². The molecule has 2 aromatic carbocycles. The van der Waals surface area contributed by atoms with Gasteiger partial charge < -0.3 is 20.3 Å². The summed E-state index contributed by atoms with van der Waals surface area (Å²) < 4.78 is 5.46. The van der Waals surface area contributed by atoms with Crippen LogP contribution in [0.1, 0.15) is 83.2 Å². The van der Waals surface area contributed by atoms with Crippen LogP contribution in [0, 0.1) is 26.7 Å². The zero-order chi connectivity index (χ0) is 29.7.